The monoisotopic (exact) mass is 350 g/mol. The molecule has 3 unspecified atom stereocenters. The molecule has 1 aromatic carbocycles. The van der Waals surface area contributed by atoms with E-state index in [1.54, 1.807) is 0 Å². The highest BCUT2D eigenvalue weighted by molar-refractivity contribution is 6.33. The zero-order valence-electron chi connectivity index (χ0n) is 15.1. The van der Waals surface area contributed by atoms with E-state index in [0.717, 1.165) is 36.1 Å². The van der Waals surface area contributed by atoms with Crippen molar-refractivity contribution in [3.63, 3.8) is 0 Å². The molecule has 6 nitrogen and oxygen atoms in total. The molecule has 2 heterocycles. The highest BCUT2D eigenvalue weighted by Crippen LogP contribution is 2.50. The number of piperidine rings is 1. The summed E-state index contributed by atoms with van der Waals surface area (Å²) in [5, 5.41) is 2.71. The van der Waals surface area contributed by atoms with Crippen LogP contribution in [-0.2, 0) is 9.59 Å². The van der Waals surface area contributed by atoms with Crippen LogP contribution in [0.3, 0.4) is 0 Å². The molecule has 4 rings (SSSR count). The Morgan fingerprint density at radius 3 is 2.96 bits per heavy atom. The van der Waals surface area contributed by atoms with Gasteiger partial charge in [-0.3, -0.25) is 9.59 Å². The Kier molecular flexibility index (Phi) is 4.25. The quantitative estimate of drug-likeness (QED) is 0.628. The van der Waals surface area contributed by atoms with Crippen LogP contribution >= 0.6 is 0 Å². The van der Waals surface area contributed by atoms with E-state index < -0.39 is 6.04 Å². The number of nitrogens with one attached hydrogen (secondary N) is 2. The van der Waals surface area contributed by atoms with Gasteiger partial charge in [0, 0.05) is 6.04 Å². The lowest BCUT2D eigenvalue weighted by Gasteiger charge is -2.37. The van der Waals surface area contributed by atoms with Crippen molar-refractivity contribution in [1.29, 1.82) is 0 Å². The SMILES string of the molecule is [B]c1ccc2nc(C3[C@@H]4CCC(C4)N3C(=O)C(NC=O)C(C)C)[nH]c2c1. The van der Waals surface area contributed by atoms with Crippen LogP contribution in [0, 0.1) is 11.8 Å². The van der Waals surface area contributed by atoms with Crippen LogP contribution in [0.1, 0.15) is 45.0 Å². The predicted octanol–water partition coefficient (Wildman–Crippen LogP) is 1.18. The Labute approximate surface area is 154 Å². The van der Waals surface area contributed by atoms with Crippen LogP contribution in [0.5, 0.6) is 0 Å². The largest absolute Gasteiger partial charge is 0.347 e. The minimum Gasteiger partial charge on any atom is -0.347 e. The zero-order chi connectivity index (χ0) is 18.4. The van der Waals surface area contributed by atoms with Gasteiger partial charge in [-0.15, -0.1) is 0 Å². The zero-order valence-corrected chi connectivity index (χ0v) is 15.1. The van der Waals surface area contributed by atoms with E-state index in [4.69, 9.17) is 12.8 Å². The third-order valence-corrected chi connectivity index (χ3v) is 5.82. The number of aromatic amines is 1. The first-order valence-corrected chi connectivity index (χ1v) is 9.26. The first-order valence-electron chi connectivity index (χ1n) is 9.26. The number of rotatable bonds is 5. The average Bonchev–Trinajstić information content (AvgIpc) is 3.31. The van der Waals surface area contributed by atoms with Gasteiger partial charge in [-0.1, -0.05) is 25.4 Å². The van der Waals surface area contributed by atoms with E-state index in [-0.39, 0.29) is 23.9 Å². The maximum absolute atomic E-state index is 13.3. The van der Waals surface area contributed by atoms with Crippen LogP contribution < -0.4 is 10.8 Å². The molecule has 2 bridgehead atoms. The van der Waals surface area contributed by atoms with Crippen molar-refractivity contribution in [2.75, 3.05) is 0 Å². The number of carbonyl (C=O) groups is 2. The van der Waals surface area contributed by atoms with Crippen molar-refractivity contribution in [1.82, 2.24) is 20.2 Å². The number of imidazole rings is 1. The lowest BCUT2D eigenvalue weighted by Crippen LogP contribution is -2.52. The molecule has 1 aliphatic heterocycles. The van der Waals surface area contributed by atoms with Gasteiger partial charge in [-0.05, 0) is 43.2 Å². The topological polar surface area (TPSA) is 78.1 Å². The number of likely N-dealkylation sites (tertiary alicyclic amines) is 1. The van der Waals surface area contributed by atoms with Crippen molar-refractivity contribution in [3.05, 3.63) is 24.0 Å². The number of hydrogen-bond acceptors (Lipinski definition) is 3. The van der Waals surface area contributed by atoms with E-state index in [0.29, 0.717) is 17.8 Å². The standard InChI is InChI=1S/C19H23BN4O2/c1-10(2)16(21-9-25)19(26)24-13-5-3-11(7-13)17(24)18-22-14-6-4-12(20)8-15(14)23-18/h4,6,8-11,13,16-17H,3,5,7H2,1-2H3,(H,21,25)(H,22,23)/t11-,13?,16?,17?/m1/s1. The normalized spacial score (nSPS) is 25.8. The molecule has 1 saturated heterocycles. The fraction of sp³-hybridized carbons (Fsp3) is 0.526. The molecule has 4 atom stereocenters. The number of amides is 2. The second-order valence-corrected chi connectivity index (χ2v) is 7.82. The number of fused-ring (bicyclic) bond motifs is 3. The maximum Gasteiger partial charge on any atom is 0.246 e. The van der Waals surface area contributed by atoms with E-state index in [1.807, 2.05) is 36.9 Å². The highest BCUT2D eigenvalue weighted by Gasteiger charge is 2.51. The number of carbonyl (C=O) groups excluding carboxylic acids is 2. The Morgan fingerprint density at radius 1 is 1.42 bits per heavy atom. The smallest absolute Gasteiger partial charge is 0.246 e. The molecule has 1 aromatic heterocycles. The Bertz CT molecular complexity index is 849. The summed E-state index contributed by atoms with van der Waals surface area (Å²) in [4.78, 5) is 34.3. The first kappa shape index (κ1) is 17.1. The molecule has 2 amide bonds. The fourth-order valence-electron chi connectivity index (χ4n) is 4.63. The molecule has 26 heavy (non-hydrogen) atoms. The molecule has 2 fully saturated rings. The fourth-order valence-corrected chi connectivity index (χ4v) is 4.63. The van der Waals surface area contributed by atoms with Crippen LogP contribution in [0.2, 0.25) is 0 Å². The van der Waals surface area contributed by atoms with Gasteiger partial charge in [0.05, 0.1) is 17.1 Å². The highest BCUT2D eigenvalue weighted by atomic mass is 16.2. The summed E-state index contributed by atoms with van der Waals surface area (Å²) in [5.74, 6) is 1.25. The van der Waals surface area contributed by atoms with Crippen molar-refractivity contribution >= 4 is 36.7 Å². The van der Waals surface area contributed by atoms with Crippen molar-refractivity contribution in [2.24, 2.45) is 11.8 Å². The molecule has 2 aromatic rings. The third-order valence-electron chi connectivity index (χ3n) is 5.82. The van der Waals surface area contributed by atoms with Crippen LogP contribution in [0.15, 0.2) is 18.2 Å². The van der Waals surface area contributed by atoms with Crippen LogP contribution in [0.25, 0.3) is 11.0 Å². The minimum absolute atomic E-state index is 0.00994. The van der Waals surface area contributed by atoms with Gasteiger partial charge in [-0.25, -0.2) is 4.98 Å². The van der Waals surface area contributed by atoms with E-state index in [9.17, 15) is 9.59 Å². The number of nitrogens with zero attached hydrogens (tertiary/aromatic N) is 2. The molecule has 134 valence electrons. The molecule has 2 aliphatic rings. The summed E-state index contributed by atoms with van der Waals surface area (Å²) in [6.07, 6.45) is 3.75. The second kappa shape index (κ2) is 6.45. The number of hydrogen-bond donors (Lipinski definition) is 2. The summed E-state index contributed by atoms with van der Waals surface area (Å²) < 4.78 is 0. The van der Waals surface area contributed by atoms with Gasteiger partial charge in [0.2, 0.25) is 12.3 Å². The lowest BCUT2D eigenvalue weighted by molar-refractivity contribution is -0.140. The number of aromatic nitrogens is 2. The molecule has 1 aliphatic carbocycles. The summed E-state index contributed by atoms with van der Waals surface area (Å²) in [5.41, 5.74) is 2.43. The van der Waals surface area contributed by atoms with Gasteiger partial charge in [0.1, 0.15) is 19.7 Å². The molecule has 2 radical (unpaired) electrons. The average molecular weight is 350 g/mol. The number of H-pyrrole nitrogens is 1. The summed E-state index contributed by atoms with van der Waals surface area (Å²) in [6.45, 7) is 3.90. The van der Waals surface area contributed by atoms with Gasteiger partial charge >= 0.3 is 0 Å². The van der Waals surface area contributed by atoms with E-state index in [2.05, 4.69) is 10.3 Å². The lowest BCUT2D eigenvalue weighted by atomic mass is 9.95. The van der Waals surface area contributed by atoms with Crippen LogP contribution in [0.4, 0.5) is 0 Å². The minimum atomic E-state index is -0.505. The second-order valence-electron chi connectivity index (χ2n) is 7.82. The molecular formula is C19H23BN4O2. The summed E-state index contributed by atoms with van der Waals surface area (Å²) >= 11 is 0. The summed E-state index contributed by atoms with van der Waals surface area (Å²) in [6, 6.07) is 5.26. The molecule has 0 spiro atoms. The van der Waals surface area contributed by atoms with Crippen molar-refractivity contribution in [3.8, 4) is 0 Å². The molecule has 7 heteroatoms. The maximum atomic E-state index is 13.3. The van der Waals surface area contributed by atoms with E-state index in [1.165, 1.54) is 0 Å². The Hall–Kier alpha value is -2.31. The molecule has 1 saturated carbocycles. The Balaban J connectivity index is 1.70. The van der Waals surface area contributed by atoms with Gasteiger partial charge in [0.15, 0.2) is 0 Å². The van der Waals surface area contributed by atoms with Gasteiger partial charge in [-0.2, -0.15) is 0 Å². The van der Waals surface area contributed by atoms with Crippen LogP contribution in [-0.4, -0.2) is 47.1 Å². The Morgan fingerprint density at radius 2 is 2.23 bits per heavy atom. The predicted molar refractivity (Wildman–Crippen MR) is 100 cm³/mol. The third kappa shape index (κ3) is 2.70. The van der Waals surface area contributed by atoms with Gasteiger partial charge < -0.3 is 15.2 Å². The van der Waals surface area contributed by atoms with Crippen molar-refractivity contribution in [2.45, 2.75) is 51.2 Å². The summed E-state index contributed by atoms with van der Waals surface area (Å²) in [7, 11) is 5.88. The molecule has 2 N–H and O–H groups in total. The van der Waals surface area contributed by atoms with Gasteiger partial charge in [0.25, 0.3) is 0 Å². The molecular weight excluding hydrogens is 327 g/mol. The first-order chi connectivity index (χ1) is 12.5. The van der Waals surface area contributed by atoms with Crippen molar-refractivity contribution < 1.29 is 9.59 Å². The number of benzene rings is 1. The van der Waals surface area contributed by atoms with E-state index >= 15 is 0 Å².